The molecule has 0 unspecified atom stereocenters. The summed E-state index contributed by atoms with van der Waals surface area (Å²) in [6.45, 7) is 1.07. The first-order chi connectivity index (χ1) is 16.0. The SMILES string of the molecule is CN1C(=O)C(NCC(=O)Nc2nc(-c3ccc(-c4ccsc4)cc3)cs2)=C(N)N2CCN=C12. The van der Waals surface area contributed by atoms with Crippen molar-refractivity contribution in [2.45, 2.75) is 0 Å². The Kier molecular flexibility index (Phi) is 5.56. The predicted octanol–water partition coefficient (Wildman–Crippen LogP) is 2.34. The number of anilines is 1. The maximum Gasteiger partial charge on any atom is 0.280 e. The van der Waals surface area contributed by atoms with Gasteiger partial charge in [0.2, 0.25) is 11.9 Å². The van der Waals surface area contributed by atoms with Crippen LogP contribution in [-0.4, -0.2) is 59.2 Å². The summed E-state index contributed by atoms with van der Waals surface area (Å²) >= 11 is 3.01. The van der Waals surface area contributed by atoms with Gasteiger partial charge in [0.05, 0.1) is 18.8 Å². The van der Waals surface area contributed by atoms with Crippen LogP contribution in [0, 0.1) is 0 Å². The Labute approximate surface area is 198 Å². The van der Waals surface area contributed by atoms with Gasteiger partial charge in [0, 0.05) is 24.5 Å². The van der Waals surface area contributed by atoms with E-state index in [1.165, 1.54) is 21.8 Å². The first-order valence-electron chi connectivity index (χ1n) is 10.2. The normalized spacial score (nSPS) is 15.5. The highest BCUT2D eigenvalue weighted by Gasteiger charge is 2.36. The van der Waals surface area contributed by atoms with Gasteiger partial charge in [0.1, 0.15) is 11.5 Å². The van der Waals surface area contributed by atoms with E-state index in [-0.39, 0.29) is 29.9 Å². The zero-order valence-electron chi connectivity index (χ0n) is 17.7. The molecule has 4 heterocycles. The van der Waals surface area contributed by atoms with Gasteiger partial charge in [-0.25, -0.2) is 4.98 Å². The van der Waals surface area contributed by atoms with Crippen molar-refractivity contribution in [1.82, 2.24) is 20.1 Å². The van der Waals surface area contributed by atoms with Crippen molar-refractivity contribution in [3.8, 4) is 22.4 Å². The molecule has 0 saturated carbocycles. The third-order valence-corrected chi connectivity index (χ3v) is 6.84. The lowest BCUT2D eigenvalue weighted by molar-refractivity contribution is -0.124. The van der Waals surface area contributed by atoms with Gasteiger partial charge in [-0.05, 0) is 28.0 Å². The molecule has 1 aromatic carbocycles. The van der Waals surface area contributed by atoms with Crippen LogP contribution in [-0.2, 0) is 9.59 Å². The van der Waals surface area contributed by atoms with E-state index in [2.05, 4.69) is 49.6 Å². The summed E-state index contributed by atoms with van der Waals surface area (Å²) in [6.07, 6.45) is 0. The van der Waals surface area contributed by atoms with E-state index < -0.39 is 0 Å². The zero-order valence-corrected chi connectivity index (χ0v) is 19.4. The van der Waals surface area contributed by atoms with E-state index in [4.69, 9.17) is 5.73 Å². The van der Waals surface area contributed by atoms with E-state index >= 15 is 0 Å². The summed E-state index contributed by atoms with van der Waals surface area (Å²) in [4.78, 5) is 37.1. The van der Waals surface area contributed by atoms with Crippen LogP contribution >= 0.6 is 22.7 Å². The van der Waals surface area contributed by atoms with Gasteiger partial charge >= 0.3 is 0 Å². The molecular weight excluding hydrogens is 458 g/mol. The lowest BCUT2D eigenvalue weighted by Gasteiger charge is -2.33. The van der Waals surface area contributed by atoms with E-state index in [9.17, 15) is 9.59 Å². The van der Waals surface area contributed by atoms with Crippen LogP contribution in [0.15, 0.2) is 63.0 Å². The second kappa shape index (κ2) is 8.68. The van der Waals surface area contributed by atoms with Crippen molar-refractivity contribution >= 4 is 45.6 Å². The number of amides is 2. The molecule has 0 bridgehead atoms. The number of thiophene rings is 1. The van der Waals surface area contributed by atoms with Crippen molar-refractivity contribution < 1.29 is 9.59 Å². The minimum Gasteiger partial charge on any atom is -0.383 e. The highest BCUT2D eigenvalue weighted by atomic mass is 32.1. The molecule has 0 spiro atoms. The Morgan fingerprint density at radius 3 is 2.70 bits per heavy atom. The molecule has 4 N–H and O–H groups in total. The summed E-state index contributed by atoms with van der Waals surface area (Å²) < 4.78 is 0. The van der Waals surface area contributed by atoms with Crippen molar-refractivity contribution in [2.24, 2.45) is 10.7 Å². The molecule has 2 aromatic heterocycles. The van der Waals surface area contributed by atoms with Gasteiger partial charge in [0.25, 0.3) is 5.91 Å². The highest BCUT2D eigenvalue weighted by molar-refractivity contribution is 7.14. The standard InChI is InChI=1S/C22H21N7O2S2/c1-28-20(31)18(19(23)29-8-7-24-22(28)29)25-10-17(30)27-21-26-16(12-33-21)14-4-2-13(3-5-14)15-6-9-32-11-15/h2-6,9,11-12,25H,7-8,10,23H2,1H3,(H,26,27,30). The number of aromatic nitrogens is 1. The molecule has 11 heteroatoms. The summed E-state index contributed by atoms with van der Waals surface area (Å²) in [5, 5.41) is 12.2. The molecule has 33 heavy (non-hydrogen) atoms. The number of likely N-dealkylation sites (N-methyl/N-ethyl adjacent to an activating group) is 1. The predicted molar refractivity (Wildman–Crippen MR) is 130 cm³/mol. The van der Waals surface area contributed by atoms with Gasteiger partial charge in [-0.1, -0.05) is 24.3 Å². The Hall–Kier alpha value is -3.70. The van der Waals surface area contributed by atoms with Gasteiger partial charge in [-0.2, -0.15) is 11.3 Å². The number of aliphatic imine (C=N–C) groups is 1. The molecule has 0 fully saturated rings. The number of thiazole rings is 1. The van der Waals surface area contributed by atoms with Crippen LogP contribution in [0.25, 0.3) is 22.4 Å². The van der Waals surface area contributed by atoms with Gasteiger partial charge in [0.15, 0.2) is 5.13 Å². The highest BCUT2D eigenvalue weighted by Crippen LogP contribution is 2.28. The van der Waals surface area contributed by atoms with Gasteiger partial charge in [-0.15, -0.1) is 11.3 Å². The molecule has 0 saturated heterocycles. The molecule has 0 radical (unpaired) electrons. The first-order valence-corrected chi connectivity index (χ1v) is 12.1. The molecule has 0 aliphatic carbocycles. The van der Waals surface area contributed by atoms with E-state index in [0.717, 1.165) is 16.8 Å². The second-order valence-electron chi connectivity index (χ2n) is 7.49. The number of fused-ring (bicyclic) bond motifs is 1. The fraction of sp³-hybridized carbons (Fsp3) is 0.182. The lowest BCUT2D eigenvalue weighted by Crippen LogP contribution is -2.53. The minimum absolute atomic E-state index is 0.111. The van der Waals surface area contributed by atoms with Crippen LogP contribution in [0.3, 0.4) is 0 Å². The number of nitrogens with two attached hydrogens (primary N) is 1. The second-order valence-corrected chi connectivity index (χ2v) is 9.12. The molecule has 5 rings (SSSR count). The number of hydrogen-bond acceptors (Lipinski definition) is 9. The Morgan fingerprint density at radius 2 is 1.94 bits per heavy atom. The monoisotopic (exact) mass is 479 g/mol. The van der Waals surface area contributed by atoms with E-state index in [1.54, 1.807) is 23.3 Å². The van der Waals surface area contributed by atoms with Crippen LogP contribution < -0.4 is 16.4 Å². The molecule has 3 aromatic rings. The molecule has 168 valence electrons. The maximum atomic E-state index is 12.6. The molecule has 2 amide bonds. The summed E-state index contributed by atoms with van der Waals surface area (Å²) in [5.41, 5.74) is 10.4. The minimum atomic E-state index is -0.320. The van der Waals surface area contributed by atoms with Crippen molar-refractivity contribution in [1.29, 1.82) is 0 Å². The number of nitrogens with one attached hydrogen (secondary N) is 2. The van der Waals surface area contributed by atoms with Gasteiger partial charge in [-0.3, -0.25) is 24.4 Å². The van der Waals surface area contributed by atoms with E-state index in [1.807, 2.05) is 17.5 Å². The first kappa shape index (κ1) is 21.2. The number of rotatable bonds is 6. The largest absolute Gasteiger partial charge is 0.383 e. The average molecular weight is 480 g/mol. The van der Waals surface area contributed by atoms with Crippen molar-refractivity contribution in [3.05, 3.63) is 58.0 Å². The topological polar surface area (TPSA) is 116 Å². The van der Waals surface area contributed by atoms with Crippen LogP contribution in [0.4, 0.5) is 5.13 Å². The number of guanidine groups is 1. The van der Waals surface area contributed by atoms with Crippen LogP contribution in [0.1, 0.15) is 0 Å². The summed E-state index contributed by atoms with van der Waals surface area (Å²) in [6, 6.07) is 10.2. The van der Waals surface area contributed by atoms with Crippen molar-refractivity contribution in [3.63, 3.8) is 0 Å². The fourth-order valence-electron chi connectivity index (χ4n) is 3.68. The summed E-state index contributed by atoms with van der Waals surface area (Å²) in [7, 11) is 1.64. The third kappa shape index (κ3) is 4.08. The zero-order chi connectivity index (χ0) is 22.9. The lowest BCUT2D eigenvalue weighted by atomic mass is 10.1. The quantitative estimate of drug-likeness (QED) is 0.500. The molecule has 0 atom stereocenters. The number of benzene rings is 1. The molecule has 2 aliphatic heterocycles. The molecule has 9 nitrogen and oxygen atoms in total. The number of hydrogen-bond donors (Lipinski definition) is 3. The molecule has 2 aliphatic rings. The Balaban J connectivity index is 1.21. The smallest absolute Gasteiger partial charge is 0.280 e. The number of carbonyl (C=O) groups excluding carboxylic acids is 2. The Morgan fingerprint density at radius 1 is 1.15 bits per heavy atom. The number of carbonyl (C=O) groups is 2. The molecular formula is C22H21N7O2S2. The summed E-state index contributed by atoms with van der Waals surface area (Å²) in [5.74, 6) is 0.177. The maximum absolute atomic E-state index is 12.6. The average Bonchev–Trinajstić information content (AvgIpc) is 3.59. The van der Waals surface area contributed by atoms with E-state index in [0.29, 0.717) is 24.2 Å². The fourth-order valence-corrected chi connectivity index (χ4v) is 5.08. The third-order valence-electron chi connectivity index (χ3n) is 5.40. The Bertz CT molecular complexity index is 1260. The van der Waals surface area contributed by atoms with Crippen LogP contribution in [0.2, 0.25) is 0 Å². The van der Waals surface area contributed by atoms with Crippen LogP contribution in [0.5, 0.6) is 0 Å². The van der Waals surface area contributed by atoms with Crippen molar-refractivity contribution in [2.75, 3.05) is 32.0 Å². The number of nitrogens with zero attached hydrogens (tertiary/aromatic N) is 4. The van der Waals surface area contributed by atoms with Gasteiger partial charge < -0.3 is 16.4 Å².